The molecular weight excluding hydrogens is 609 g/mol. The highest BCUT2D eigenvalue weighted by Crippen LogP contribution is 2.37. The van der Waals surface area contributed by atoms with Gasteiger partial charge in [-0.1, -0.05) is 96.5 Å². The van der Waals surface area contributed by atoms with Crippen molar-refractivity contribution in [2.45, 2.75) is 44.4 Å². The van der Waals surface area contributed by atoms with Gasteiger partial charge in [0, 0.05) is 44.7 Å². The first-order valence-corrected chi connectivity index (χ1v) is 16.4. The molecule has 0 amide bonds. The third kappa shape index (κ3) is 9.58. The molecule has 0 aromatic heterocycles. The number of morpholine rings is 1. The number of hydrogen-bond acceptors (Lipinski definition) is 4. The Morgan fingerprint density at radius 1 is 0.870 bits per heavy atom. The van der Waals surface area contributed by atoms with Crippen LogP contribution in [0.3, 0.4) is 0 Å². The molecule has 1 aliphatic rings. The molecular formula is C38H42ClF3N2O2. The van der Waals surface area contributed by atoms with Gasteiger partial charge >= 0.3 is 6.18 Å². The average Bonchev–Trinajstić information content (AvgIpc) is 3.07. The van der Waals surface area contributed by atoms with Gasteiger partial charge in [0.1, 0.15) is 5.75 Å². The number of hydrogen-bond donors (Lipinski definition) is 0. The lowest BCUT2D eigenvalue weighted by Gasteiger charge is -2.34. The van der Waals surface area contributed by atoms with Crippen LogP contribution in [0.1, 0.15) is 47.1 Å². The van der Waals surface area contributed by atoms with Gasteiger partial charge in [-0.3, -0.25) is 9.80 Å². The first-order chi connectivity index (χ1) is 22.3. The Balaban J connectivity index is 1.31. The van der Waals surface area contributed by atoms with Crippen LogP contribution in [0.25, 0.3) is 0 Å². The number of nitrogens with zero attached hydrogens (tertiary/aromatic N) is 2. The highest BCUT2D eigenvalue weighted by molar-refractivity contribution is 6.32. The largest absolute Gasteiger partial charge is 0.494 e. The summed E-state index contributed by atoms with van der Waals surface area (Å²) in [6, 6.07) is 32.9. The number of rotatable bonds is 14. The summed E-state index contributed by atoms with van der Waals surface area (Å²) in [4.78, 5) is 4.65. The van der Waals surface area contributed by atoms with Crippen LogP contribution in [0.5, 0.6) is 5.75 Å². The van der Waals surface area contributed by atoms with Crippen molar-refractivity contribution in [3.8, 4) is 5.75 Å². The predicted octanol–water partition coefficient (Wildman–Crippen LogP) is 8.73. The van der Waals surface area contributed by atoms with E-state index >= 15 is 0 Å². The summed E-state index contributed by atoms with van der Waals surface area (Å²) < 4.78 is 53.0. The maximum atomic E-state index is 13.8. The van der Waals surface area contributed by atoms with E-state index in [1.807, 2.05) is 48.5 Å². The van der Waals surface area contributed by atoms with E-state index < -0.39 is 11.7 Å². The maximum Gasteiger partial charge on any atom is 0.417 e. The second-order valence-corrected chi connectivity index (χ2v) is 12.3. The quantitative estimate of drug-likeness (QED) is 0.136. The molecule has 8 heteroatoms. The second-order valence-electron chi connectivity index (χ2n) is 11.9. The zero-order valence-electron chi connectivity index (χ0n) is 26.3. The molecule has 0 N–H and O–H groups in total. The summed E-state index contributed by atoms with van der Waals surface area (Å²) >= 11 is 6.41. The van der Waals surface area contributed by atoms with Gasteiger partial charge in [-0.15, -0.1) is 0 Å². The third-order valence-corrected chi connectivity index (χ3v) is 9.17. The van der Waals surface area contributed by atoms with E-state index in [2.05, 4.69) is 53.1 Å². The molecule has 244 valence electrons. The zero-order valence-corrected chi connectivity index (χ0v) is 27.0. The van der Waals surface area contributed by atoms with Crippen LogP contribution >= 0.6 is 11.6 Å². The summed E-state index contributed by atoms with van der Waals surface area (Å²) in [7, 11) is 0. The van der Waals surface area contributed by atoms with E-state index in [0.717, 1.165) is 62.2 Å². The fourth-order valence-corrected chi connectivity index (χ4v) is 6.27. The van der Waals surface area contributed by atoms with Gasteiger partial charge in [-0.05, 0) is 60.2 Å². The monoisotopic (exact) mass is 650 g/mol. The number of halogens is 4. The number of alkyl halides is 3. The molecule has 1 atom stereocenters. The number of ether oxygens (including phenoxy) is 2. The smallest absolute Gasteiger partial charge is 0.417 e. The topological polar surface area (TPSA) is 24.9 Å². The van der Waals surface area contributed by atoms with E-state index in [9.17, 15) is 13.2 Å². The molecule has 1 heterocycles. The van der Waals surface area contributed by atoms with Crippen molar-refractivity contribution >= 4 is 11.6 Å². The van der Waals surface area contributed by atoms with Crippen LogP contribution in [-0.4, -0.2) is 61.8 Å². The molecule has 1 aliphatic heterocycles. The molecule has 1 fully saturated rings. The molecule has 0 radical (unpaired) electrons. The molecule has 46 heavy (non-hydrogen) atoms. The van der Waals surface area contributed by atoms with Crippen LogP contribution in [0.2, 0.25) is 5.02 Å². The Kier molecular flexibility index (Phi) is 12.2. The minimum absolute atomic E-state index is 0.00922. The van der Waals surface area contributed by atoms with Crippen molar-refractivity contribution in [2.75, 3.05) is 46.0 Å². The molecule has 0 bridgehead atoms. The first-order valence-electron chi connectivity index (χ1n) is 16.0. The fraction of sp³-hybridized carbons (Fsp3) is 0.368. The Bertz CT molecular complexity index is 1460. The van der Waals surface area contributed by atoms with E-state index in [1.165, 1.54) is 11.6 Å². The van der Waals surface area contributed by atoms with Crippen molar-refractivity contribution in [1.29, 1.82) is 0 Å². The van der Waals surface area contributed by atoms with Gasteiger partial charge in [0.2, 0.25) is 0 Å². The molecule has 0 aliphatic carbocycles. The van der Waals surface area contributed by atoms with Crippen LogP contribution < -0.4 is 4.74 Å². The summed E-state index contributed by atoms with van der Waals surface area (Å²) in [6.07, 6.45) is -2.89. The molecule has 0 saturated carbocycles. The molecule has 1 saturated heterocycles. The van der Waals surface area contributed by atoms with Crippen molar-refractivity contribution in [3.05, 3.63) is 136 Å². The van der Waals surface area contributed by atoms with E-state index in [4.69, 9.17) is 21.1 Å². The molecule has 5 rings (SSSR count). The van der Waals surface area contributed by atoms with Crippen LogP contribution in [0, 0.1) is 0 Å². The SMILES string of the molecule is C[C@H](CCOc1cccc(CCN2CCOCC2)c1)N(Cc1cccc(C(F)(F)F)c1Cl)CC(c1ccccc1)c1ccccc1. The lowest BCUT2D eigenvalue weighted by atomic mass is 9.90. The van der Waals surface area contributed by atoms with Gasteiger partial charge in [-0.25, -0.2) is 0 Å². The number of benzene rings is 4. The van der Waals surface area contributed by atoms with Gasteiger partial charge in [0.05, 0.1) is 30.4 Å². The summed E-state index contributed by atoms with van der Waals surface area (Å²) in [5.41, 5.74) is 3.17. The van der Waals surface area contributed by atoms with Gasteiger partial charge in [-0.2, -0.15) is 13.2 Å². The summed E-state index contributed by atoms with van der Waals surface area (Å²) in [5.74, 6) is 0.837. The van der Waals surface area contributed by atoms with Crippen molar-refractivity contribution < 1.29 is 22.6 Å². The van der Waals surface area contributed by atoms with Crippen molar-refractivity contribution in [1.82, 2.24) is 9.80 Å². The van der Waals surface area contributed by atoms with E-state index in [-0.39, 0.29) is 23.5 Å². The third-order valence-electron chi connectivity index (χ3n) is 8.73. The fourth-order valence-electron chi connectivity index (χ4n) is 5.98. The van der Waals surface area contributed by atoms with E-state index in [1.54, 1.807) is 6.07 Å². The Morgan fingerprint density at radius 3 is 2.17 bits per heavy atom. The van der Waals surface area contributed by atoms with E-state index in [0.29, 0.717) is 25.1 Å². The first kappa shape index (κ1) is 34.0. The standard InChI is InChI=1S/C38H42ClF3N2O2/c1-29(19-23-46-34-16-8-10-30(26-34)18-20-43-21-24-45-25-22-43)44(27-33-15-9-17-36(37(33)39)38(40,41)42)28-35(31-11-4-2-5-12-31)32-13-6-3-7-14-32/h2-17,26,29,35H,18-25,27-28H2,1H3/t29-/m1/s1. The summed E-state index contributed by atoms with van der Waals surface area (Å²) in [5, 5.41) is -0.242. The summed E-state index contributed by atoms with van der Waals surface area (Å²) in [6.45, 7) is 7.94. The zero-order chi connectivity index (χ0) is 32.4. The van der Waals surface area contributed by atoms with Crippen LogP contribution in [-0.2, 0) is 23.9 Å². The Morgan fingerprint density at radius 2 is 1.52 bits per heavy atom. The Hall–Kier alpha value is -3.36. The average molecular weight is 651 g/mol. The Labute approximate surface area is 275 Å². The molecule has 4 aromatic carbocycles. The lowest BCUT2D eigenvalue weighted by Crippen LogP contribution is -2.37. The van der Waals surface area contributed by atoms with Crippen molar-refractivity contribution in [3.63, 3.8) is 0 Å². The van der Waals surface area contributed by atoms with Gasteiger partial charge in [0.15, 0.2) is 0 Å². The van der Waals surface area contributed by atoms with Gasteiger partial charge in [0.25, 0.3) is 0 Å². The minimum Gasteiger partial charge on any atom is -0.494 e. The second kappa shape index (κ2) is 16.5. The highest BCUT2D eigenvalue weighted by Gasteiger charge is 2.34. The lowest BCUT2D eigenvalue weighted by molar-refractivity contribution is -0.137. The van der Waals surface area contributed by atoms with Crippen molar-refractivity contribution in [2.24, 2.45) is 0 Å². The molecule has 0 unspecified atom stereocenters. The molecule has 0 spiro atoms. The normalized spacial score (nSPS) is 14.9. The molecule has 4 nitrogen and oxygen atoms in total. The van der Waals surface area contributed by atoms with Crippen LogP contribution in [0.4, 0.5) is 13.2 Å². The highest BCUT2D eigenvalue weighted by atomic mass is 35.5. The maximum absolute atomic E-state index is 13.8. The predicted molar refractivity (Wildman–Crippen MR) is 179 cm³/mol. The molecule has 4 aromatic rings. The van der Waals surface area contributed by atoms with Gasteiger partial charge < -0.3 is 9.47 Å². The minimum atomic E-state index is -4.52. The van der Waals surface area contributed by atoms with Crippen LogP contribution in [0.15, 0.2) is 103 Å².